The van der Waals surface area contributed by atoms with Gasteiger partial charge in [0.2, 0.25) is 0 Å². The van der Waals surface area contributed by atoms with Gasteiger partial charge in [-0.25, -0.2) is 0 Å². The summed E-state index contributed by atoms with van der Waals surface area (Å²) < 4.78 is 0. The lowest BCUT2D eigenvalue weighted by Crippen LogP contribution is -2.29. The van der Waals surface area contributed by atoms with Gasteiger partial charge in [-0.2, -0.15) is 0 Å². The minimum Gasteiger partial charge on any atom is -0.324 e. The van der Waals surface area contributed by atoms with Crippen LogP contribution in [0.25, 0.3) is 0 Å². The third kappa shape index (κ3) is 3.07. The van der Waals surface area contributed by atoms with E-state index in [1.165, 1.54) is 30.4 Å². The molecule has 3 unspecified atom stereocenters. The van der Waals surface area contributed by atoms with Crippen molar-refractivity contribution in [1.82, 2.24) is 0 Å². The number of hydrogen-bond donors (Lipinski definition) is 1. The Labute approximate surface area is 116 Å². The van der Waals surface area contributed by atoms with Gasteiger partial charge in [-0.05, 0) is 67.2 Å². The normalized spacial score (nSPS) is 30.2. The van der Waals surface area contributed by atoms with Crippen molar-refractivity contribution in [2.45, 2.75) is 46.1 Å². The molecular formula is C16H24ClN. The molecule has 1 aromatic carbocycles. The number of halogens is 1. The highest BCUT2D eigenvalue weighted by atomic mass is 35.5. The van der Waals surface area contributed by atoms with Crippen LogP contribution in [-0.4, -0.2) is 0 Å². The Hall–Kier alpha value is -0.530. The maximum absolute atomic E-state index is 6.51. The van der Waals surface area contributed by atoms with Gasteiger partial charge in [-0.15, -0.1) is 0 Å². The fraction of sp³-hybridized carbons (Fsp3) is 0.625. The van der Waals surface area contributed by atoms with Gasteiger partial charge in [-0.3, -0.25) is 0 Å². The highest BCUT2D eigenvalue weighted by Gasteiger charge is 2.29. The average Bonchev–Trinajstić information content (AvgIpc) is 2.30. The zero-order valence-corrected chi connectivity index (χ0v) is 12.4. The van der Waals surface area contributed by atoms with Crippen LogP contribution in [-0.2, 0) is 0 Å². The van der Waals surface area contributed by atoms with Crippen LogP contribution in [0.3, 0.4) is 0 Å². The van der Waals surface area contributed by atoms with Gasteiger partial charge in [-0.1, -0.05) is 31.5 Å². The Morgan fingerprint density at radius 3 is 2.39 bits per heavy atom. The zero-order valence-electron chi connectivity index (χ0n) is 11.6. The summed E-state index contributed by atoms with van der Waals surface area (Å²) in [4.78, 5) is 0. The van der Waals surface area contributed by atoms with E-state index in [1.54, 1.807) is 0 Å². The summed E-state index contributed by atoms with van der Waals surface area (Å²) in [5.41, 5.74) is 9.00. The third-order valence-corrected chi connectivity index (χ3v) is 4.56. The molecule has 0 bridgehead atoms. The van der Waals surface area contributed by atoms with E-state index in [9.17, 15) is 0 Å². The minimum absolute atomic E-state index is 0.133. The Morgan fingerprint density at radius 2 is 1.78 bits per heavy atom. The van der Waals surface area contributed by atoms with Crippen molar-refractivity contribution in [2.75, 3.05) is 0 Å². The fourth-order valence-electron chi connectivity index (χ4n) is 3.53. The van der Waals surface area contributed by atoms with Gasteiger partial charge >= 0.3 is 0 Å². The summed E-state index contributed by atoms with van der Waals surface area (Å²) in [7, 11) is 0. The molecule has 0 aromatic heterocycles. The highest BCUT2D eigenvalue weighted by Crippen LogP contribution is 2.39. The second kappa shape index (κ2) is 5.63. The second-order valence-corrected chi connectivity index (χ2v) is 6.64. The summed E-state index contributed by atoms with van der Waals surface area (Å²) in [5.74, 6) is 2.19. The molecule has 1 saturated carbocycles. The molecule has 1 fully saturated rings. The lowest BCUT2D eigenvalue weighted by Gasteiger charge is -2.35. The van der Waals surface area contributed by atoms with Crippen LogP contribution in [0.2, 0.25) is 5.02 Å². The van der Waals surface area contributed by atoms with Gasteiger partial charge in [0, 0.05) is 11.1 Å². The van der Waals surface area contributed by atoms with Crippen molar-refractivity contribution in [3.8, 4) is 0 Å². The summed E-state index contributed by atoms with van der Waals surface area (Å²) in [6.07, 6.45) is 3.84. The molecule has 0 aliphatic heterocycles. The van der Waals surface area contributed by atoms with Crippen LogP contribution >= 0.6 is 11.6 Å². The first kappa shape index (κ1) is 13.9. The van der Waals surface area contributed by atoms with Gasteiger partial charge in [0.25, 0.3) is 0 Å². The maximum atomic E-state index is 6.51. The van der Waals surface area contributed by atoms with Gasteiger partial charge < -0.3 is 5.73 Å². The van der Waals surface area contributed by atoms with E-state index < -0.39 is 0 Å². The topological polar surface area (TPSA) is 26.0 Å². The predicted octanol–water partition coefficient (Wildman–Crippen LogP) is 4.72. The van der Waals surface area contributed by atoms with Gasteiger partial charge in [0.1, 0.15) is 0 Å². The molecule has 1 aromatic rings. The van der Waals surface area contributed by atoms with E-state index in [0.717, 1.165) is 16.9 Å². The van der Waals surface area contributed by atoms with Crippen molar-refractivity contribution >= 4 is 11.6 Å². The van der Waals surface area contributed by atoms with E-state index in [2.05, 4.69) is 26.8 Å². The van der Waals surface area contributed by atoms with Gasteiger partial charge in [0.05, 0.1) is 0 Å². The summed E-state index contributed by atoms with van der Waals surface area (Å²) in [5, 5.41) is 0.794. The largest absolute Gasteiger partial charge is 0.324 e. The van der Waals surface area contributed by atoms with Crippen molar-refractivity contribution in [2.24, 2.45) is 23.5 Å². The second-order valence-electron chi connectivity index (χ2n) is 6.20. The Morgan fingerprint density at radius 1 is 1.17 bits per heavy atom. The molecule has 0 saturated heterocycles. The molecular weight excluding hydrogens is 242 g/mol. The molecule has 2 heteroatoms. The number of hydrogen-bond acceptors (Lipinski definition) is 1. The zero-order chi connectivity index (χ0) is 13.3. The van der Waals surface area contributed by atoms with Crippen molar-refractivity contribution in [1.29, 1.82) is 0 Å². The van der Waals surface area contributed by atoms with Crippen molar-refractivity contribution in [3.63, 3.8) is 0 Å². The first-order valence-corrected chi connectivity index (χ1v) is 7.36. The first-order chi connectivity index (χ1) is 8.47. The van der Waals surface area contributed by atoms with Crippen LogP contribution in [0, 0.1) is 24.7 Å². The molecule has 1 aliphatic carbocycles. The number of aryl methyl sites for hydroxylation is 1. The maximum Gasteiger partial charge on any atom is 0.0409 e. The van der Waals surface area contributed by atoms with Crippen LogP contribution < -0.4 is 5.73 Å². The summed E-state index contributed by atoms with van der Waals surface area (Å²) in [6.45, 7) is 6.82. The Bertz CT molecular complexity index is 406. The highest BCUT2D eigenvalue weighted by molar-refractivity contribution is 6.30. The fourth-order valence-corrected chi connectivity index (χ4v) is 3.71. The van der Waals surface area contributed by atoms with Crippen LogP contribution in [0.5, 0.6) is 0 Å². The molecule has 1 aliphatic rings. The molecule has 0 spiro atoms. The van der Waals surface area contributed by atoms with E-state index in [-0.39, 0.29) is 6.04 Å². The molecule has 0 radical (unpaired) electrons. The lowest BCUT2D eigenvalue weighted by molar-refractivity contribution is 0.193. The van der Waals surface area contributed by atoms with E-state index in [1.807, 2.05) is 12.1 Å². The number of benzene rings is 1. The van der Waals surface area contributed by atoms with Gasteiger partial charge in [0.15, 0.2) is 0 Å². The van der Waals surface area contributed by atoms with Crippen LogP contribution in [0.4, 0.5) is 0 Å². The molecule has 0 heterocycles. The van der Waals surface area contributed by atoms with E-state index in [4.69, 9.17) is 17.3 Å². The molecule has 18 heavy (non-hydrogen) atoms. The minimum atomic E-state index is 0.133. The molecule has 0 amide bonds. The Balaban J connectivity index is 2.19. The number of nitrogens with two attached hydrogens (primary N) is 1. The van der Waals surface area contributed by atoms with E-state index in [0.29, 0.717) is 5.92 Å². The SMILES string of the molecule is Cc1ccc(Cl)cc1C(N)C1CC(C)CC(C)C1. The molecule has 2 N–H and O–H groups in total. The quantitative estimate of drug-likeness (QED) is 0.823. The van der Waals surface area contributed by atoms with E-state index >= 15 is 0 Å². The third-order valence-electron chi connectivity index (χ3n) is 4.32. The predicted molar refractivity (Wildman–Crippen MR) is 78.8 cm³/mol. The molecule has 3 atom stereocenters. The average molecular weight is 266 g/mol. The molecule has 2 rings (SSSR count). The van der Waals surface area contributed by atoms with Crippen LogP contribution in [0.15, 0.2) is 18.2 Å². The molecule has 100 valence electrons. The Kier molecular flexibility index (Phi) is 4.34. The number of rotatable bonds is 2. The monoisotopic (exact) mass is 265 g/mol. The van der Waals surface area contributed by atoms with Crippen molar-refractivity contribution in [3.05, 3.63) is 34.3 Å². The summed E-state index contributed by atoms with van der Waals surface area (Å²) >= 11 is 6.10. The van der Waals surface area contributed by atoms with Crippen molar-refractivity contribution < 1.29 is 0 Å². The smallest absolute Gasteiger partial charge is 0.0409 e. The van der Waals surface area contributed by atoms with Crippen LogP contribution in [0.1, 0.15) is 50.3 Å². The lowest BCUT2D eigenvalue weighted by atomic mass is 9.72. The molecule has 1 nitrogen and oxygen atoms in total. The standard InChI is InChI=1S/C16H24ClN/c1-10-6-11(2)8-13(7-10)16(18)15-9-14(17)5-4-12(15)3/h4-5,9-11,13,16H,6-8,18H2,1-3H3. The summed E-state index contributed by atoms with van der Waals surface area (Å²) in [6, 6.07) is 6.20. The first-order valence-electron chi connectivity index (χ1n) is 6.99.